The van der Waals surface area contributed by atoms with Gasteiger partial charge in [0, 0.05) is 6.42 Å². The summed E-state index contributed by atoms with van der Waals surface area (Å²) >= 11 is 0. The summed E-state index contributed by atoms with van der Waals surface area (Å²) in [5, 5.41) is 0. The molecule has 2 aromatic carbocycles. The molecule has 0 saturated heterocycles. The van der Waals surface area contributed by atoms with Gasteiger partial charge < -0.3 is 4.79 Å². The molecule has 0 saturated carbocycles. The average molecular weight is 372 g/mol. The van der Waals surface area contributed by atoms with Crippen molar-refractivity contribution < 1.29 is 18.4 Å². The van der Waals surface area contributed by atoms with Crippen molar-refractivity contribution in [3.05, 3.63) is 83.4 Å². The first-order chi connectivity index (χ1) is 13.0. The van der Waals surface area contributed by atoms with Gasteiger partial charge in [0.25, 0.3) is 0 Å². The van der Waals surface area contributed by atoms with Crippen LogP contribution in [0.2, 0.25) is 0 Å². The molecule has 0 aliphatic rings. The van der Waals surface area contributed by atoms with Crippen molar-refractivity contribution in [2.75, 3.05) is 0 Å². The molecule has 2 nitrogen and oxygen atoms in total. The fourth-order valence-electron chi connectivity index (χ4n) is 2.37. The second-order valence-electron chi connectivity index (χ2n) is 6.22. The Morgan fingerprint density at radius 2 is 1.26 bits per heavy atom. The number of carbonyl (C=O) groups excluding carboxylic acids is 2. The summed E-state index contributed by atoms with van der Waals surface area (Å²) in [6.07, 6.45) is 9.43. The molecule has 0 atom stereocenters. The Kier molecular flexibility index (Phi) is 11.3. The van der Waals surface area contributed by atoms with Gasteiger partial charge in [-0.15, -0.1) is 0 Å². The normalized spacial score (nSPS) is 10.3. The first kappa shape index (κ1) is 22.4. The van der Waals surface area contributed by atoms with Crippen molar-refractivity contribution in [3.63, 3.8) is 0 Å². The number of unbranched alkanes of at least 4 members (excludes halogenated alkanes) is 2. The molecule has 0 aromatic heterocycles. The molecule has 27 heavy (non-hydrogen) atoms. The van der Waals surface area contributed by atoms with Gasteiger partial charge in [0.05, 0.1) is 0 Å². The molecule has 0 N–H and O–H groups in total. The minimum Gasteiger partial charge on any atom is -0.303 e. The Balaban J connectivity index is 0.000000277. The van der Waals surface area contributed by atoms with E-state index in [-0.39, 0.29) is 17.4 Å². The quantitative estimate of drug-likeness (QED) is 0.324. The molecule has 0 radical (unpaired) electrons. The number of carbonyl (C=O) groups is 2. The largest absolute Gasteiger partial charge is 0.303 e. The first-order valence-electron chi connectivity index (χ1n) is 9.11. The molecule has 144 valence electrons. The van der Waals surface area contributed by atoms with Crippen LogP contribution in [0.1, 0.15) is 43.7 Å². The maximum absolute atomic E-state index is 12.6. The minimum atomic E-state index is -0.214. The van der Waals surface area contributed by atoms with E-state index in [1.807, 2.05) is 6.08 Å². The number of halogens is 2. The van der Waals surface area contributed by atoms with Crippen LogP contribution >= 0.6 is 0 Å². The van der Waals surface area contributed by atoms with E-state index in [1.54, 1.807) is 30.3 Å². The number of benzene rings is 2. The smallest absolute Gasteiger partial charge is 0.152 e. The van der Waals surface area contributed by atoms with Crippen LogP contribution in [0.15, 0.2) is 60.7 Å². The summed E-state index contributed by atoms with van der Waals surface area (Å²) in [7, 11) is 0. The number of aryl methyl sites for hydroxylation is 2. The predicted molar refractivity (Wildman–Crippen MR) is 105 cm³/mol. The molecule has 0 unspecified atom stereocenters. The molecule has 0 heterocycles. The Morgan fingerprint density at radius 3 is 1.67 bits per heavy atom. The van der Waals surface area contributed by atoms with Gasteiger partial charge in [-0.2, -0.15) is 0 Å². The van der Waals surface area contributed by atoms with E-state index >= 15 is 0 Å². The molecule has 2 aromatic rings. The van der Waals surface area contributed by atoms with Crippen LogP contribution in [0, 0.1) is 11.6 Å². The zero-order valence-corrected chi connectivity index (χ0v) is 15.7. The third-order valence-electron chi connectivity index (χ3n) is 3.80. The number of rotatable bonds is 9. The zero-order valence-electron chi connectivity index (χ0n) is 15.7. The van der Waals surface area contributed by atoms with E-state index in [2.05, 4.69) is 0 Å². The fraction of sp³-hybridized carbons (Fsp3) is 0.304. The summed E-state index contributed by atoms with van der Waals surface area (Å²) < 4.78 is 25.0. The van der Waals surface area contributed by atoms with Gasteiger partial charge in [0.2, 0.25) is 0 Å². The van der Waals surface area contributed by atoms with E-state index in [9.17, 15) is 18.4 Å². The van der Waals surface area contributed by atoms with Crippen LogP contribution in [0.4, 0.5) is 8.78 Å². The molecule has 0 aliphatic carbocycles. The molecular formula is C23H26F2O2. The van der Waals surface area contributed by atoms with Gasteiger partial charge in [-0.05, 0) is 80.5 Å². The summed E-state index contributed by atoms with van der Waals surface area (Å²) in [5.74, 6) is -0.332. The van der Waals surface area contributed by atoms with Gasteiger partial charge in [0.1, 0.15) is 17.9 Å². The molecule has 0 fully saturated rings. The second-order valence-corrected chi connectivity index (χ2v) is 6.22. The van der Waals surface area contributed by atoms with Crippen LogP contribution in [0.25, 0.3) is 0 Å². The summed E-state index contributed by atoms with van der Waals surface area (Å²) in [6, 6.07) is 12.9. The summed E-state index contributed by atoms with van der Waals surface area (Å²) in [5.41, 5.74) is 2.21. The van der Waals surface area contributed by atoms with E-state index < -0.39 is 0 Å². The highest BCUT2D eigenvalue weighted by molar-refractivity contribution is 5.87. The zero-order chi connectivity index (χ0) is 19.9. The highest BCUT2D eigenvalue weighted by Crippen LogP contribution is 2.07. The van der Waals surface area contributed by atoms with Crippen molar-refractivity contribution in [2.24, 2.45) is 0 Å². The Hall–Kier alpha value is -2.62. The Bertz CT molecular complexity index is 704. The highest BCUT2D eigenvalue weighted by Gasteiger charge is 1.94. The van der Waals surface area contributed by atoms with Crippen molar-refractivity contribution >= 4 is 12.1 Å². The molecule has 0 bridgehead atoms. The van der Waals surface area contributed by atoms with Crippen molar-refractivity contribution in [2.45, 2.75) is 45.4 Å². The maximum atomic E-state index is 12.6. The Morgan fingerprint density at radius 1 is 0.815 bits per heavy atom. The van der Waals surface area contributed by atoms with Crippen molar-refractivity contribution in [3.8, 4) is 0 Å². The van der Waals surface area contributed by atoms with E-state index in [4.69, 9.17) is 0 Å². The van der Waals surface area contributed by atoms with Gasteiger partial charge in [-0.25, -0.2) is 8.78 Å². The van der Waals surface area contributed by atoms with Gasteiger partial charge in [0.15, 0.2) is 5.78 Å². The number of ketones is 1. The van der Waals surface area contributed by atoms with Gasteiger partial charge >= 0.3 is 0 Å². The van der Waals surface area contributed by atoms with Crippen LogP contribution in [0.5, 0.6) is 0 Å². The van der Waals surface area contributed by atoms with E-state index in [0.29, 0.717) is 6.42 Å². The van der Waals surface area contributed by atoms with Gasteiger partial charge in [-0.1, -0.05) is 30.3 Å². The maximum Gasteiger partial charge on any atom is 0.152 e. The average Bonchev–Trinajstić information content (AvgIpc) is 2.65. The van der Waals surface area contributed by atoms with Crippen molar-refractivity contribution in [1.82, 2.24) is 0 Å². The molecule has 0 spiro atoms. The fourth-order valence-corrected chi connectivity index (χ4v) is 2.37. The van der Waals surface area contributed by atoms with Crippen LogP contribution < -0.4 is 0 Å². The van der Waals surface area contributed by atoms with Crippen LogP contribution in [-0.4, -0.2) is 12.1 Å². The standard InChI is InChI=1S/C13H15FO.C10H11FO/c1-11(15)5-3-2-4-6-12-7-9-13(14)10-8-12;11-10-6-4-9(5-7-10)3-1-2-8-12/h3,5,7-10H,2,4,6H2,1H3;4-8H,1-3H2/b5-3+;. The second kappa shape index (κ2) is 13.6. The number of aldehydes is 1. The van der Waals surface area contributed by atoms with Crippen LogP contribution in [-0.2, 0) is 22.4 Å². The first-order valence-corrected chi connectivity index (χ1v) is 9.11. The molecule has 0 amide bonds. The topological polar surface area (TPSA) is 34.1 Å². The lowest BCUT2D eigenvalue weighted by molar-refractivity contribution is -0.112. The Labute approximate surface area is 159 Å². The summed E-state index contributed by atoms with van der Waals surface area (Å²) in [4.78, 5) is 20.6. The molecule has 0 aliphatic heterocycles. The third kappa shape index (κ3) is 11.6. The molecule has 2 rings (SSSR count). The summed E-state index contributed by atoms with van der Waals surface area (Å²) in [6.45, 7) is 1.54. The monoisotopic (exact) mass is 372 g/mol. The minimum absolute atomic E-state index is 0.0804. The molecule has 4 heteroatoms. The predicted octanol–water partition coefficient (Wildman–Crippen LogP) is 5.64. The van der Waals surface area contributed by atoms with E-state index in [0.717, 1.165) is 49.5 Å². The number of hydrogen-bond acceptors (Lipinski definition) is 2. The number of hydrogen-bond donors (Lipinski definition) is 0. The lowest BCUT2D eigenvalue weighted by atomic mass is 10.1. The highest BCUT2D eigenvalue weighted by atomic mass is 19.1. The van der Waals surface area contributed by atoms with E-state index in [1.165, 1.54) is 31.2 Å². The van der Waals surface area contributed by atoms with Crippen molar-refractivity contribution in [1.29, 1.82) is 0 Å². The lowest BCUT2D eigenvalue weighted by Gasteiger charge is -1.98. The third-order valence-corrected chi connectivity index (χ3v) is 3.80. The SMILES string of the molecule is CC(=O)/C=C/CCCc1ccc(F)cc1.O=CCCCc1ccc(F)cc1. The molecular weight excluding hydrogens is 346 g/mol. The lowest BCUT2D eigenvalue weighted by Crippen LogP contribution is -1.86. The van der Waals surface area contributed by atoms with Gasteiger partial charge in [-0.3, -0.25) is 4.79 Å². The van der Waals surface area contributed by atoms with Crippen LogP contribution in [0.3, 0.4) is 0 Å². The number of allylic oxidation sites excluding steroid dienone is 2.